The Morgan fingerprint density at radius 3 is 2.30 bits per heavy atom. The minimum atomic E-state index is -0.324. The number of para-hydroxylation sites is 1. The second-order valence-corrected chi connectivity index (χ2v) is 6.17. The van der Waals surface area contributed by atoms with Crippen molar-refractivity contribution >= 4 is 28.8 Å². The molecule has 0 aliphatic carbocycles. The summed E-state index contributed by atoms with van der Waals surface area (Å²) in [6, 6.07) is 16.4. The van der Waals surface area contributed by atoms with Crippen LogP contribution in [0.25, 0.3) is 0 Å². The number of hydrogen-bond acceptors (Lipinski definition) is 5. The average molecular weight is 365 g/mol. The monoisotopic (exact) mass is 365 g/mol. The van der Waals surface area contributed by atoms with Gasteiger partial charge in [0.05, 0.1) is 5.69 Å². The van der Waals surface area contributed by atoms with Crippen LogP contribution in [0.1, 0.15) is 19.5 Å². The Balaban J connectivity index is 1.77. The van der Waals surface area contributed by atoms with E-state index in [0.29, 0.717) is 17.5 Å². The molecule has 1 aromatic heterocycles. The van der Waals surface area contributed by atoms with Gasteiger partial charge < -0.3 is 15.5 Å². The number of rotatable bonds is 7. The van der Waals surface area contributed by atoms with Crippen LogP contribution >= 0.6 is 0 Å². The lowest BCUT2D eigenvalue weighted by Crippen LogP contribution is -2.21. The van der Waals surface area contributed by atoms with E-state index in [2.05, 4.69) is 51.5 Å². The highest BCUT2D eigenvalue weighted by Crippen LogP contribution is 2.22. The van der Waals surface area contributed by atoms with Gasteiger partial charge in [0.1, 0.15) is 11.6 Å². The molecule has 2 N–H and O–H groups in total. The van der Waals surface area contributed by atoms with Crippen molar-refractivity contribution in [3.8, 4) is 0 Å². The molecule has 2 aromatic carbocycles. The largest absolute Gasteiger partial charge is 0.372 e. The first-order valence-electron chi connectivity index (χ1n) is 9.08. The maximum Gasteiger partial charge on any atom is 0.229 e. The van der Waals surface area contributed by atoms with E-state index in [9.17, 15) is 4.39 Å². The Bertz CT molecular complexity index is 891. The fourth-order valence-corrected chi connectivity index (χ4v) is 2.86. The maximum atomic E-state index is 13.9. The van der Waals surface area contributed by atoms with Crippen LogP contribution in [0.4, 0.5) is 33.2 Å². The average Bonchev–Trinajstić information content (AvgIpc) is 2.65. The SMILES string of the molecule is CCN(CC)c1ccc(Nc2nc(C)cc(Nc3ccccc3F)n2)cc1. The predicted molar refractivity (Wildman–Crippen MR) is 110 cm³/mol. The van der Waals surface area contributed by atoms with Crippen molar-refractivity contribution in [2.24, 2.45) is 0 Å². The van der Waals surface area contributed by atoms with Crippen molar-refractivity contribution in [1.82, 2.24) is 9.97 Å². The summed E-state index contributed by atoms with van der Waals surface area (Å²) >= 11 is 0. The number of benzene rings is 2. The quantitative estimate of drug-likeness (QED) is 0.598. The molecule has 0 aliphatic rings. The highest BCUT2D eigenvalue weighted by atomic mass is 19.1. The fraction of sp³-hybridized carbons (Fsp3) is 0.238. The first kappa shape index (κ1) is 18.6. The zero-order valence-electron chi connectivity index (χ0n) is 15.8. The summed E-state index contributed by atoms with van der Waals surface area (Å²) in [7, 11) is 0. The summed E-state index contributed by atoms with van der Waals surface area (Å²) in [6.45, 7) is 8.09. The zero-order valence-corrected chi connectivity index (χ0v) is 15.8. The number of aromatic nitrogens is 2. The third kappa shape index (κ3) is 4.73. The highest BCUT2D eigenvalue weighted by Gasteiger charge is 2.07. The standard InChI is InChI=1S/C21H24FN5/c1-4-27(5-2)17-12-10-16(11-13-17)24-21-23-15(3)14-20(26-21)25-19-9-7-6-8-18(19)22/h6-14H,4-5H2,1-3H3,(H2,23,24,25,26). The van der Waals surface area contributed by atoms with Crippen molar-refractivity contribution in [3.63, 3.8) is 0 Å². The normalized spacial score (nSPS) is 10.5. The molecule has 0 aliphatic heterocycles. The van der Waals surface area contributed by atoms with Crippen LogP contribution in [0, 0.1) is 12.7 Å². The van der Waals surface area contributed by atoms with Crippen LogP contribution < -0.4 is 15.5 Å². The summed E-state index contributed by atoms with van der Waals surface area (Å²) in [5.74, 6) is 0.676. The van der Waals surface area contributed by atoms with E-state index in [-0.39, 0.29) is 5.82 Å². The zero-order chi connectivity index (χ0) is 19.2. The number of hydrogen-bond donors (Lipinski definition) is 2. The number of anilines is 5. The van der Waals surface area contributed by atoms with Crippen LogP contribution in [-0.4, -0.2) is 23.1 Å². The molecular formula is C21H24FN5. The van der Waals surface area contributed by atoms with E-state index in [4.69, 9.17) is 0 Å². The molecule has 0 bridgehead atoms. The van der Waals surface area contributed by atoms with Crippen LogP contribution in [0.15, 0.2) is 54.6 Å². The van der Waals surface area contributed by atoms with Gasteiger partial charge in [-0.3, -0.25) is 0 Å². The summed E-state index contributed by atoms with van der Waals surface area (Å²) in [5.41, 5.74) is 3.24. The molecule has 6 heteroatoms. The molecular weight excluding hydrogens is 341 g/mol. The second-order valence-electron chi connectivity index (χ2n) is 6.17. The molecule has 0 radical (unpaired) electrons. The Morgan fingerprint density at radius 1 is 0.926 bits per heavy atom. The summed E-state index contributed by atoms with van der Waals surface area (Å²) < 4.78 is 13.9. The Hall–Kier alpha value is -3.15. The van der Waals surface area contributed by atoms with Crippen LogP contribution in [-0.2, 0) is 0 Å². The van der Waals surface area contributed by atoms with E-state index >= 15 is 0 Å². The van der Waals surface area contributed by atoms with Gasteiger partial charge in [0, 0.05) is 36.2 Å². The van der Waals surface area contributed by atoms with Gasteiger partial charge >= 0.3 is 0 Å². The van der Waals surface area contributed by atoms with Gasteiger partial charge in [-0.2, -0.15) is 4.98 Å². The van der Waals surface area contributed by atoms with E-state index in [0.717, 1.165) is 24.5 Å². The van der Waals surface area contributed by atoms with Crippen LogP contribution in [0.5, 0.6) is 0 Å². The molecule has 0 amide bonds. The van der Waals surface area contributed by atoms with Gasteiger partial charge in [-0.25, -0.2) is 9.37 Å². The maximum absolute atomic E-state index is 13.9. The van der Waals surface area contributed by atoms with E-state index in [1.54, 1.807) is 24.3 Å². The van der Waals surface area contributed by atoms with Gasteiger partial charge in [0.15, 0.2) is 0 Å². The molecule has 0 saturated heterocycles. The topological polar surface area (TPSA) is 53.1 Å². The molecule has 0 unspecified atom stereocenters. The number of nitrogens with zero attached hydrogens (tertiary/aromatic N) is 3. The van der Waals surface area contributed by atoms with E-state index in [1.807, 2.05) is 19.1 Å². The second kappa shape index (κ2) is 8.49. The van der Waals surface area contributed by atoms with Gasteiger partial charge in [-0.1, -0.05) is 12.1 Å². The molecule has 0 atom stereocenters. The molecule has 0 spiro atoms. The Labute approximate surface area is 159 Å². The van der Waals surface area contributed by atoms with Crippen molar-refractivity contribution in [2.75, 3.05) is 28.6 Å². The van der Waals surface area contributed by atoms with Gasteiger partial charge in [0.2, 0.25) is 5.95 Å². The first-order valence-corrected chi connectivity index (χ1v) is 9.08. The smallest absolute Gasteiger partial charge is 0.229 e. The van der Waals surface area contributed by atoms with Gasteiger partial charge in [0.25, 0.3) is 0 Å². The lowest BCUT2D eigenvalue weighted by Gasteiger charge is -2.21. The lowest BCUT2D eigenvalue weighted by molar-refractivity contribution is 0.632. The molecule has 0 saturated carbocycles. The first-order chi connectivity index (χ1) is 13.1. The van der Waals surface area contributed by atoms with E-state index < -0.39 is 0 Å². The summed E-state index contributed by atoms with van der Waals surface area (Å²) in [6.07, 6.45) is 0. The van der Waals surface area contributed by atoms with Crippen LogP contribution in [0.2, 0.25) is 0 Å². The molecule has 0 fully saturated rings. The molecule has 27 heavy (non-hydrogen) atoms. The Morgan fingerprint density at radius 2 is 1.63 bits per heavy atom. The summed E-state index contributed by atoms with van der Waals surface area (Å²) in [5, 5.41) is 6.22. The summed E-state index contributed by atoms with van der Waals surface area (Å²) in [4.78, 5) is 11.1. The molecule has 3 rings (SSSR count). The van der Waals surface area contributed by atoms with Crippen molar-refractivity contribution < 1.29 is 4.39 Å². The number of halogens is 1. The van der Waals surface area contributed by atoms with Crippen molar-refractivity contribution in [2.45, 2.75) is 20.8 Å². The minimum Gasteiger partial charge on any atom is -0.372 e. The fourth-order valence-electron chi connectivity index (χ4n) is 2.86. The minimum absolute atomic E-state index is 0.324. The molecule has 5 nitrogen and oxygen atoms in total. The molecule has 1 heterocycles. The third-order valence-electron chi connectivity index (χ3n) is 4.24. The lowest BCUT2D eigenvalue weighted by atomic mass is 10.2. The van der Waals surface area contributed by atoms with Crippen molar-refractivity contribution in [3.05, 3.63) is 66.1 Å². The Kier molecular flexibility index (Phi) is 5.86. The predicted octanol–water partition coefficient (Wildman–Crippen LogP) is 5.26. The van der Waals surface area contributed by atoms with E-state index in [1.165, 1.54) is 11.8 Å². The van der Waals surface area contributed by atoms with Crippen LogP contribution in [0.3, 0.4) is 0 Å². The third-order valence-corrected chi connectivity index (χ3v) is 4.24. The molecule has 3 aromatic rings. The number of aryl methyl sites for hydroxylation is 1. The molecule has 140 valence electrons. The highest BCUT2D eigenvalue weighted by molar-refractivity contribution is 5.62. The van der Waals surface area contributed by atoms with Crippen molar-refractivity contribution in [1.29, 1.82) is 0 Å². The number of nitrogens with one attached hydrogen (secondary N) is 2. The van der Waals surface area contributed by atoms with Gasteiger partial charge in [-0.15, -0.1) is 0 Å². The van der Waals surface area contributed by atoms with Gasteiger partial charge in [-0.05, 0) is 57.2 Å².